The molecular formula is C15H20N2O2. The summed E-state index contributed by atoms with van der Waals surface area (Å²) >= 11 is 0. The van der Waals surface area contributed by atoms with E-state index in [9.17, 15) is 4.79 Å². The van der Waals surface area contributed by atoms with Crippen molar-refractivity contribution in [3.05, 3.63) is 36.9 Å². The van der Waals surface area contributed by atoms with Crippen LogP contribution in [0.25, 0.3) is 0 Å². The Morgan fingerprint density at radius 1 is 1.37 bits per heavy atom. The van der Waals surface area contributed by atoms with Crippen molar-refractivity contribution in [1.29, 1.82) is 0 Å². The van der Waals surface area contributed by atoms with Gasteiger partial charge in [-0.1, -0.05) is 18.2 Å². The predicted octanol–water partition coefficient (Wildman–Crippen LogP) is 3.32. The zero-order chi connectivity index (χ0) is 13.5. The number of amides is 2. The zero-order valence-corrected chi connectivity index (χ0v) is 11.0. The van der Waals surface area contributed by atoms with E-state index in [-0.39, 0.29) is 12.1 Å². The molecule has 0 aromatic heterocycles. The molecule has 4 nitrogen and oxygen atoms in total. The van der Waals surface area contributed by atoms with Gasteiger partial charge in [0, 0.05) is 6.54 Å². The zero-order valence-electron chi connectivity index (χ0n) is 11.0. The third kappa shape index (κ3) is 4.02. The Hall–Kier alpha value is -1.97. The van der Waals surface area contributed by atoms with E-state index >= 15 is 0 Å². The summed E-state index contributed by atoms with van der Waals surface area (Å²) < 4.78 is 5.95. The van der Waals surface area contributed by atoms with Crippen molar-refractivity contribution in [3.63, 3.8) is 0 Å². The smallest absolute Gasteiger partial charge is 0.319 e. The molecule has 0 spiro atoms. The first kappa shape index (κ1) is 13.5. The molecule has 1 aromatic carbocycles. The first-order valence-electron chi connectivity index (χ1n) is 6.71. The molecule has 0 aliphatic heterocycles. The Labute approximate surface area is 113 Å². The summed E-state index contributed by atoms with van der Waals surface area (Å²) in [7, 11) is 0. The Morgan fingerprint density at radius 2 is 2.11 bits per heavy atom. The molecule has 0 bridgehead atoms. The van der Waals surface area contributed by atoms with E-state index in [0.717, 1.165) is 18.6 Å². The summed E-state index contributed by atoms with van der Waals surface area (Å²) in [5, 5.41) is 5.47. The van der Waals surface area contributed by atoms with Gasteiger partial charge < -0.3 is 15.4 Å². The minimum absolute atomic E-state index is 0.248. The maximum Gasteiger partial charge on any atom is 0.319 e. The quantitative estimate of drug-likeness (QED) is 0.798. The molecule has 1 saturated carbocycles. The fourth-order valence-corrected chi connectivity index (χ4v) is 2.19. The van der Waals surface area contributed by atoms with Crippen LogP contribution in [0.4, 0.5) is 10.5 Å². The van der Waals surface area contributed by atoms with Crippen molar-refractivity contribution in [2.24, 2.45) is 0 Å². The van der Waals surface area contributed by atoms with Crippen molar-refractivity contribution < 1.29 is 9.53 Å². The third-order valence-electron chi connectivity index (χ3n) is 3.14. The number of hydrogen-bond donors (Lipinski definition) is 2. The molecule has 102 valence electrons. The molecule has 2 rings (SSSR count). The Kier molecular flexibility index (Phi) is 4.84. The van der Waals surface area contributed by atoms with Crippen molar-refractivity contribution in [2.45, 2.75) is 31.8 Å². The monoisotopic (exact) mass is 260 g/mol. The molecule has 0 saturated heterocycles. The van der Waals surface area contributed by atoms with E-state index in [1.54, 1.807) is 6.08 Å². The number of hydrogen-bond acceptors (Lipinski definition) is 2. The predicted molar refractivity (Wildman–Crippen MR) is 76.5 cm³/mol. The number of carbonyl (C=O) groups excluding carboxylic acids is 1. The molecule has 2 amide bonds. The number of ether oxygens (including phenoxy) is 1. The van der Waals surface area contributed by atoms with E-state index in [1.807, 2.05) is 24.3 Å². The molecule has 19 heavy (non-hydrogen) atoms. The average molecular weight is 260 g/mol. The second-order valence-corrected chi connectivity index (χ2v) is 4.64. The summed E-state index contributed by atoms with van der Waals surface area (Å²) in [5.41, 5.74) is 0.705. The molecule has 1 aliphatic rings. The normalized spacial score (nSPS) is 14.9. The number of benzene rings is 1. The number of para-hydroxylation sites is 2. The van der Waals surface area contributed by atoms with E-state index in [4.69, 9.17) is 4.74 Å². The lowest BCUT2D eigenvalue weighted by Gasteiger charge is -2.16. The standard InChI is InChI=1S/C15H20N2O2/c1-2-11-16-15(18)17-13-9-5-6-10-14(13)19-12-7-3-4-8-12/h2,5-6,9-10,12H,1,3-4,7-8,11H2,(H2,16,17,18). The van der Waals surface area contributed by atoms with Gasteiger partial charge in [0.2, 0.25) is 0 Å². The van der Waals surface area contributed by atoms with Crippen LogP contribution in [-0.2, 0) is 0 Å². The van der Waals surface area contributed by atoms with Crippen LogP contribution in [0.3, 0.4) is 0 Å². The Balaban J connectivity index is 1.98. The summed E-state index contributed by atoms with van der Waals surface area (Å²) in [6, 6.07) is 7.28. The van der Waals surface area contributed by atoms with Crippen molar-refractivity contribution in [2.75, 3.05) is 11.9 Å². The van der Waals surface area contributed by atoms with Gasteiger partial charge in [-0.15, -0.1) is 6.58 Å². The number of nitrogens with one attached hydrogen (secondary N) is 2. The number of anilines is 1. The average Bonchev–Trinajstić information content (AvgIpc) is 2.91. The molecule has 0 atom stereocenters. The minimum Gasteiger partial charge on any atom is -0.488 e. The van der Waals surface area contributed by atoms with Crippen LogP contribution in [0, 0.1) is 0 Å². The second-order valence-electron chi connectivity index (χ2n) is 4.64. The molecular weight excluding hydrogens is 240 g/mol. The number of urea groups is 1. The van der Waals surface area contributed by atoms with Gasteiger partial charge in [-0.05, 0) is 37.8 Å². The number of rotatable bonds is 5. The van der Waals surface area contributed by atoms with Gasteiger partial charge in [0.25, 0.3) is 0 Å². The topological polar surface area (TPSA) is 50.4 Å². The van der Waals surface area contributed by atoms with Crippen LogP contribution < -0.4 is 15.4 Å². The fraction of sp³-hybridized carbons (Fsp3) is 0.400. The summed E-state index contributed by atoms with van der Waals surface area (Å²) in [5.74, 6) is 0.739. The molecule has 0 radical (unpaired) electrons. The highest BCUT2D eigenvalue weighted by Crippen LogP contribution is 2.29. The van der Waals surface area contributed by atoms with E-state index < -0.39 is 0 Å². The maximum atomic E-state index is 11.6. The van der Waals surface area contributed by atoms with Crippen LogP contribution in [0.1, 0.15) is 25.7 Å². The van der Waals surface area contributed by atoms with Crippen molar-refractivity contribution in [1.82, 2.24) is 5.32 Å². The van der Waals surface area contributed by atoms with Crippen LogP contribution >= 0.6 is 0 Å². The molecule has 1 aromatic rings. The van der Waals surface area contributed by atoms with E-state index in [0.29, 0.717) is 12.2 Å². The van der Waals surface area contributed by atoms with Gasteiger partial charge in [0.1, 0.15) is 5.75 Å². The van der Waals surface area contributed by atoms with Crippen LogP contribution in [-0.4, -0.2) is 18.7 Å². The highest BCUT2D eigenvalue weighted by atomic mass is 16.5. The fourth-order valence-electron chi connectivity index (χ4n) is 2.19. The minimum atomic E-state index is -0.248. The Morgan fingerprint density at radius 3 is 2.84 bits per heavy atom. The van der Waals surface area contributed by atoms with Crippen LogP contribution in [0.2, 0.25) is 0 Å². The molecule has 4 heteroatoms. The highest BCUT2D eigenvalue weighted by molar-refractivity contribution is 5.90. The maximum absolute atomic E-state index is 11.6. The first-order chi connectivity index (χ1) is 9.29. The van der Waals surface area contributed by atoms with E-state index in [1.165, 1.54) is 12.8 Å². The molecule has 0 unspecified atom stereocenters. The second kappa shape index (κ2) is 6.83. The lowest BCUT2D eigenvalue weighted by molar-refractivity contribution is 0.211. The number of carbonyl (C=O) groups is 1. The summed E-state index contributed by atoms with van der Waals surface area (Å²) in [6.45, 7) is 4.00. The Bertz CT molecular complexity index is 440. The van der Waals surface area contributed by atoms with Gasteiger partial charge in [0.05, 0.1) is 11.8 Å². The largest absolute Gasteiger partial charge is 0.488 e. The molecule has 1 aliphatic carbocycles. The highest BCUT2D eigenvalue weighted by Gasteiger charge is 2.18. The van der Waals surface area contributed by atoms with E-state index in [2.05, 4.69) is 17.2 Å². The van der Waals surface area contributed by atoms with Gasteiger partial charge in [-0.3, -0.25) is 0 Å². The van der Waals surface area contributed by atoms with Crippen molar-refractivity contribution >= 4 is 11.7 Å². The lowest BCUT2D eigenvalue weighted by atomic mass is 10.2. The summed E-state index contributed by atoms with van der Waals surface area (Å²) in [6.07, 6.45) is 6.55. The van der Waals surface area contributed by atoms with Gasteiger partial charge >= 0.3 is 6.03 Å². The van der Waals surface area contributed by atoms with Gasteiger partial charge in [-0.2, -0.15) is 0 Å². The van der Waals surface area contributed by atoms with Crippen LogP contribution in [0.5, 0.6) is 5.75 Å². The molecule has 0 heterocycles. The van der Waals surface area contributed by atoms with Crippen molar-refractivity contribution in [3.8, 4) is 5.75 Å². The third-order valence-corrected chi connectivity index (χ3v) is 3.14. The molecule has 1 fully saturated rings. The van der Waals surface area contributed by atoms with Gasteiger partial charge in [0.15, 0.2) is 0 Å². The summed E-state index contributed by atoms with van der Waals surface area (Å²) in [4.78, 5) is 11.6. The lowest BCUT2D eigenvalue weighted by Crippen LogP contribution is -2.29. The van der Waals surface area contributed by atoms with Crippen LogP contribution in [0.15, 0.2) is 36.9 Å². The SMILES string of the molecule is C=CCNC(=O)Nc1ccccc1OC1CCCC1. The molecule has 2 N–H and O–H groups in total. The first-order valence-corrected chi connectivity index (χ1v) is 6.71. The van der Waals surface area contributed by atoms with Gasteiger partial charge in [-0.25, -0.2) is 4.79 Å².